The summed E-state index contributed by atoms with van der Waals surface area (Å²) in [6.45, 7) is 10.9. The van der Waals surface area contributed by atoms with Crippen LogP contribution in [0.5, 0.6) is 0 Å². The highest BCUT2D eigenvalue weighted by molar-refractivity contribution is 7.86. The average molecular weight is 417 g/mol. The van der Waals surface area contributed by atoms with Crippen LogP contribution in [0.25, 0.3) is 0 Å². The van der Waals surface area contributed by atoms with Crippen molar-refractivity contribution in [2.45, 2.75) is 33.1 Å². The monoisotopic (exact) mass is 416 g/mol. The molecule has 3 atom stereocenters. The van der Waals surface area contributed by atoms with E-state index in [4.69, 9.17) is 4.74 Å². The van der Waals surface area contributed by atoms with Gasteiger partial charge in [0.15, 0.2) is 0 Å². The van der Waals surface area contributed by atoms with Crippen molar-refractivity contribution >= 4 is 16.1 Å². The van der Waals surface area contributed by atoms with Crippen molar-refractivity contribution in [1.82, 2.24) is 18.8 Å². The van der Waals surface area contributed by atoms with E-state index in [1.54, 1.807) is 4.31 Å². The zero-order chi connectivity index (χ0) is 20.1. The Balaban J connectivity index is 1.50. The van der Waals surface area contributed by atoms with Crippen LogP contribution in [0.1, 0.15) is 33.1 Å². The van der Waals surface area contributed by atoms with Crippen LogP contribution in [0.15, 0.2) is 0 Å². The Hall–Kier alpha value is -0.740. The summed E-state index contributed by atoms with van der Waals surface area (Å²) < 4.78 is 34.7. The maximum Gasteiger partial charge on any atom is 0.282 e. The molecule has 0 radical (unpaired) electrons. The molecule has 3 aliphatic heterocycles. The third-order valence-electron chi connectivity index (χ3n) is 6.07. The van der Waals surface area contributed by atoms with Crippen molar-refractivity contribution < 1.29 is 17.9 Å². The third-order valence-corrected chi connectivity index (χ3v) is 8.01. The number of ether oxygens (including phenoxy) is 1. The number of piperidine rings is 2. The predicted molar refractivity (Wildman–Crippen MR) is 108 cm³/mol. The fourth-order valence-corrected chi connectivity index (χ4v) is 6.57. The molecular formula is C19H36N4O4S. The SMILES string of the molecule is C[C@@H]1C[C@H](C)CN(S(=O)(=O)N2CCC[C@H](C(=O)NCCN3CCOCC3)C2)C1. The summed E-state index contributed by atoms with van der Waals surface area (Å²) >= 11 is 0. The van der Waals surface area contributed by atoms with Gasteiger partial charge in [-0.1, -0.05) is 13.8 Å². The Morgan fingerprint density at radius 3 is 2.39 bits per heavy atom. The predicted octanol–water partition coefficient (Wildman–Crippen LogP) is 0.370. The van der Waals surface area contributed by atoms with E-state index in [0.29, 0.717) is 44.6 Å². The first kappa shape index (κ1) is 22.0. The lowest BCUT2D eigenvalue weighted by Gasteiger charge is -2.39. The lowest BCUT2D eigenvalue weighted by atomic mass is 9.94. The number of hydrogen-bond donors (Lipinski definition) is 1. The minimum atomic E-state index is -3.49. The maximum absolute atomic E-state index is 13.1. The maximum atomic E-state index is 13.1. The molecule has 3 fully saturated rings. The van der Waals surface area contributed by atoms with Gasteiger partial charge in [-0.25, -0.2) is 0 Å². The van der Waals surface area contributed by atoms with Crippen molar-refractivity contribution in [2.75, 3.05) is 65.6 Å². The number of amides is 1. The number of morpholine rings is 1. The smallest absolute Gasteiger partial charge is 0.282 e. The zero-order valence-electron chi connectivity index (χ0n) is 17.3. The lowest BCUT2D eigenvalue weighted by molar-refractivity contribution is -0.126. The first-order valence-corrected chi connectivity index (χ1v) is 12.1. The Morgan fingerprint density at radius 1 is 1.04 bits per heavy atom. The van der Waals surface area contributed by atoms with E-state index in [9.17, 15) is 13.2 Å². The second-order valence-corrected chi connectivity index (χ2v) is 10.6. The molecule has 0 aromatic heterocycles. The molecule has 0 aromatic rings. The van der Waals surface area contributed by atoms with Crippen molar-refractivity contribution in [2.24, 2.45) is 17.8 Å². The number of carbonyl (C=O) groups excluding carboxylic acids is 1. The van der Waals surface area contributed by atoms with Gasteiger partial charge in [-0.15, -0.1) is 0 Å². The van der Waals surface area contributed by atoms with Gasteiger partial charge in [-0.05, 0) is 31.1 Å². The van der Waals surface area contributed by atoms with Crippen LogP contribution in [0.2, 0.25) is 0 Å². The number of rotatable bonds is 6. The molecule has 0 unspecified atom stereocenters. The highest BCUT2D eigenvalue weighted by atomic mass is 32.2. The molecule has 3 rings (SSSR count). The molecule has 1 amide bonds. The molecule has 0 bridgehead atoms. The Bertz CT molecular complexity index is 613. The molecule has 0 saturated carbocycles. The molecule has 28 heavy (non-hydrogen) atoms. The van der Waals surface area contributed by atoms with Crippen LogP contribution < -0.4 is 5.32 Å². The van der Waals surface area contributed by atoms with E-state index in [2.05, 4.69) is 24.1 Å². The molecule has 3 saturated heterocycles. The molecule has 0 spiro atoms. The van der Waals surface area contributed by atoms with Crippen LogP contribution in [0.4, 0.5) is 0 Å². The molecular weight excluding hydrogens is 380 g/mol. The van der Waals surface area contributed by atoms with Crippen molar-refractivity contribution in [3.63, 3.8) is 0 Å². The second-order valence-electron chi connectivity index (χ2n) is 8.71. The summed E-state index contributed by atoms with van der Waals surface area (Å²) in [6, 6.07) is 0. The lowest BCUT2D eigenvalue weighted by Crippen LogP contribution is -2.53. The topological polar surface area (TPSA) is 82.2 Å². The van der Waals surface area contributed by atoms with Crippen molar-refractivity contribution in [1.29, 1.82) is 0 Å². The Labute approximate surface area is 169 Å². The fourth-order valence-electron chi connectivity index (χ4n) is 4.63. The van der Waals surface area contributed by atoms with Gasteiger partial charge in [0.05, 0.1) is 19.1 Å². The van der Waals surface area contributed by atoms with Gasteiger partial charge < -0.3 is 10.1 Å². The molecule has 3 aliphatic rings. The summed E-state index contributed by atoms with van der Waals surface area (Å²) in [4.78, 5) is 14.9. The van der Waals surface area contributed by atoms with Gasteiger partial charge in [0.25, 0.3) is 10.2 Å². The fraction of sp³-hybridized carbons (Fsp3) is 0.947. The third kappa shape index (κ3) is 5.66. The van der Waals surface area contributed by atoms with E-state index in [1.165, 1.54) is 4.31 Å². The van der Waals surface area contributed by atoms with Gasteiger partial charge in [0, 0.05) is 52.4 Å². The van der Waals surface area contributed by atoms with Gasteiger partial charge in [-0.2, -0.15) is 17.0 Å². The highest BCUT2D eigenvalue weighted by Gasteiger charge is 2.38. The van der Waals surface area contributed by atoms with Crippen LogP contribution in [0, 0.1) is 17.8 Å². The molecule has 9 heteroatoms. The molecule has 3 heterocycles. The Morgan fingerprint density at radius 2 is 1.71 bits per heavy atom. The number of hydrogen-bond acceptors (Lipinski definition) is 5. The van der Waals surface area contributed by atoms with Gasteiger partial charge in [-0.3, -0.25) is 9.69 Å². The minimum Gasteiger partial charge on any atom is -0.379 e. The molecule has 0 aliphatic carbocycles. The average Bonchev–Trinajstić information content (AvgIpc) is 2.68. The second kappa shape index (κ2) is 9.84. The van der Waals surface area contributed by atoms with Crippen molar-refractivity contribution in [3.05, 3.63) is 0 Å². The molecule has 1 N–H and O–H groups in total. The number of nitrogens with zero attached hydrogens (tertiary/aromatic N) is 3. The highest BCUT2D eigenvalue weighted by Crippen LogP contribution is 2.27. The van der Waals surface area contributed by atoms with E-state index < -0.39 is 10.2 Å². The first-order valence-electron chi connectivity index (χ1n) is 10.7. The summed E-state index contributed by atoms with van der Waals surface area (Å²) in [5.41, 5.74) is 0. The van der Waals surface area contributed by atoms with Gasteiger partial charge in [0.1, 0.15) is 0 Å². The van der Waals surface area contributed by atoms with Gasteiger partial charge >= 0.3 is 0 Å². The van der Waals surface area contributed by atoms with E-state index in [-0.39, 0.29) is 11.8 Å². The van der Waals surface area contributed by atoms with Crippen LogP contribution >= 0.6 is 0 Å². The molecule has 162 valence electrons. The Kier molecular flexibility index (Phi) is 7.72. The zero-order valence-corrected chi connectivity index (χ0v) is 18.1. The van der Waals surface area contributed by atoms with E-state index >= 15 is 0 Å². The number of nitrogens with one attached hydrogen (secondary N) is 1. The minimum absolute atomic E-state index is 0.0199. The standard InChI is InChI=1S/C19H36N4O4S/c1-16-12-17(2)14-23(13-16)28(25,26)22-6-3-4-18(15-22)19(24)20-5-7-21-8-10-27-11-9-21/h16-18H,3-15H2,1-2H3,(H,20,24)/t16-,17+,18-/m0/s1. The summed E-state index contributed by atoms with van der Waals surface area (Å²) in [5.74, 6) is 0.478. The summed E-state index contributed by atoms with van der Waals surface area (Å²) in [7, 11) is -3.49. The number of carbonyl (C=O) groups is 1. The first-order chi connectivity index (χ1) is 13.4. The largest absolute Gasteiger partial charge is 0.379 e. The van der Waals surface area contributed by atoms with E-state index in [1.807, 2.05) is 0 Å². The van der Waals surface area contributed by atoms with Crippen LogP contribution in [-0.4, -0.2) is 93.4 Å². The van der Waals surface area contributed by atoms with E-state index in [0.717, 1.165) is 52.1 Å². The van der Waals surface area contributed by atoms with Crippen LogP contribution in [0.3, 0.4) is 0 Å². The summed E-state index contributed by atoms with van der Waals surface area (Å²) in [5, 5.41) is 3.01. The van der Waals surface area contributed by atoms with Crippen LogP contribution in [-0.2, 0) is 19.7 Å². The molecule has 8 nitrogen and oxygen atoms in total. The summed E-state index contributed by atoms with van der Waals surface area (Å²) in [6.07, 6.45) is 2.56. The van der Waals surface area contributed by atoms with Gasteiger partial charge in [0.2, 0.25) is 5.91 Å². The molecule has 0 aromatic carbocycles. The quantitative estimate of drug-likeness (QED) is 0.677. The van der Waals surface area contributed by atoms with Crippen molar-refractivity contribution in [3.8, 4) is 0 Å². The normalized spacial score (nSPS) is 31.6.